The summed E-state index contributed by atoms with van der Waals surface area (Å²) in [5.41, 5.74) is 0. The first-order valence-electron chi connectivity index (χ1n) is 30.0. The van der Waals surface area contributed by atoms with Crippen molar-refractivity contribution < 1.29 is 38.0 Å². The zero-order chi connectivity index (χ0) is 52.2. The molecule has 0 aliphatic heterocycles. The number of hydrogen-bond donors (Lipinski definition) is 3. The van der Waals surface area contributed by atoms with Gasteiger partial charge in [-0.3, -0.25) is 9.36 Å². The van der Waals surface area contributed by atoms with Crippen molar-refractivity contribution in [3.8, 4) is 0 Å². The van der Waals surface area contributed by atoms with E-state index in [1.807, 2.05) is 28.1 Å². The van der Waals surface area contributed by atoms with Crippen LogP contribution in [0, 0.1) is 0 Å². The van der Waals surface area contributed by atoms with Crippen LogP contribution in [-0.4, -0.2) is 79.8 Å². The van der Waals surface area contributed by atoms with E-state index in [2.05, 4.69) is 60.8 Å². The van der Waals surface area contributed by atoms with Crippen molar-refractivity contribution in [2.24, 2.45) is 0 Å². The Kier molecular flexibility index (Phi) is 50.7. The van der Waals surface area contributed by atoms with Gasteiger partial charge in [-0.2, -0.15) is 0 Å². The van der Waals surface area contributed by atoms with Crippen LogP contribution in [0.1, 0.15) is 277 Å². The first-order chi connectivity index (χ1) is 34.4. The first-order valence-corrected chi connectivity index (χ1v) is 31.5. The molecule has 0 aromatic heterocycles. The Morgan fingerprint density at radius 1 is 0.521 bits per heavy atom. The molecule has 418 valence electrons. The van der Waals surface area contributed by atoms with E-state index in [0.29, 0.717) is 30.3 Å². The lowest BCUT2D eigenvalue weighted by Gasteiger charge is -2.31. The van der Waals surface area contributed by atoms with E-state index in [4.69, 9.17) is 9.05 Å². The maximum Gasteiger partial charge on any atom is 0.268 e. The number of allylic oxidation sites excluding steroid dienone is 8. The Morgan fingerprint density at radius 2 is 0.873 bits per heavy atom. The van der Waals surface area contributed by atoms with E-state index in [0.717, 1.165) is 51.4 Å². The Morgan fingerprint density at radius 3 is 1.27 bits per heavy atom. The molecule has 1 amide bonds. The maximum absolute atomic E-state index is 13.0. The van der Waals surface area contributed by atoms with Crippen molar-refractivity contribution >= 4 is 13.7 Å². The molecule has 0 heterocycles. The second-order valence-electron chi connectivity index (χ2n) is 21.8. The van der Waals surface area contributed by atoms with Gasteiger partial charge in [-0.25, -0.2) is 0 Å². The maximum atomic E-state index is 13.0. The van der Waals surface area contributed by atoms with Gasteiger partial charge >= 0.3 is 0 Å². The standard InChI is InChI=1S/C61H117N2O7P/c1-6-8-10-12-14-16-18-20-21-22-23-24-25-26-27-28-29-30-31-32-33-34-35-36-37-38-39-40-41-42-44-46-48-50-52-54-60(65)62-58(57-70-71(67,68)69-56-55-63(3,4)5)61(66)59(64)53-51-49-47-45-43-19-17-15-13-11-9-7-2/h7,9,15,17,22-23,45,47,58-59,61,64,66H,6,8,10-14,16,18-21,24-44,46,48-57H2,1-5H3,(H-,62,65,67,68)/b9-7+,17-15+,23-22-,47-45+. The smallest absolute Gasteiger partial charge is 0.268 e. The molecule has 10 heteroatoms. The summed E-state index contributed by atoms with van der Waals surface area (Å²) in [5.74, 6) is -0.292. The number of carbonyl (C=O) groups is 1. The minimum absolute atomic E-state index is 0.0499. The highest BCUT2D eigenvalue weighted by molar-refractivity contribution is 7.45. The monoisotopic (exact) mass is 1020 g/mol. The number of quaternary nitrogens is 1. The van der Waals surface area contributed by atoms with Gasteiger partial charge in [0.1, 0.15) is 19.3 Å². The summed E-state index contributed by atoms with van der Waals surface area (Å²) in [7, 11) is 1.10. The van der Waals surface area contributed by atoms with E-state index in [1.165, 1.54) is 186 Å². The summed E-state index contributed by atoms with van der Waals surface area (Å²) < 4.78 is 23.2. The number of aliphatic hydroxyl groups excluding tert-OH is 2. The molecular formula is C61H117N2O7P. The molecule has 0 aliphatic rings. The summed E-state index contributed by atoms with van der Waals surface area (Å²) in [6.45, 7) is 4.21. The van der Waals surface area contributed by atoms with Crippen molar-refractivity contribution in [2.75, 3.05) is 40.9 Å². The van der Waals surface area contributed by atoms with Crippen LogP contribution in [0.2, 0.25) is 0 Å². The number of nitrogens with zero attached hydrogens (tertiary/aromatic N) is 1. The molecule has 4 unspecified atom stereocenters. The highest BCUT2D eigenvalue weighted by Crippen LogP contribution is 2.38. The highest BCUT2D eigenvalue weighted by atomic mass is 31.2. The Labute approximate surface area is 440 Å². The zero-order valence-corrected chi connectivity index (χ0v) is 48.2. The van der Waals surface area contributed by atoms with Gasteiger partial charge in [0, 0.05) is 6.42 Å². The minimum Gasteiger partial charge on any atom is -0.756 e. The van der Waals surface area contributed by atoms with Crippen molar-refractivity contribution in [2.45, 2.75) is 295 Å². The van der Waals surface area contributed by atoms with Gasteiger partial charge in [-0.15, -0.1) is 0 Å². The van der Waals surface area contributed by atoms with Crippen LogP contribution in [0.5, 0.6) is 0 Å². The fraction of sp³-hybridized carbons (Fsp3) is 0.852. The average molecular weight is 1020 g/mol. The van der Waals surface area contributed by atoms with Crippen LogP contribution < -0.4 is 10.2 Å². The number of carbonyl (C=O) groups excluding carboxylic acids is 1. The normalized spacial score (nSPS) is 14.6. The Balaban J connectivity index is 4.01. The number of phosphoric acid groups is 1. The number of nitrogens with one attached hydrogen (secondary N) is 1. The number of phosphoric ester groups is 1. The topological polar surface area (TPSA) is 128 Å². The van der Waals surface area contributed by atoms with Crippen LogP contribution in [0.25, 0.3) is 0 Å². The third-order valence-corrected chi connectivity index (χ3v) is 14.6. The molecule has 0 bridgehead atoms. The van der Waals surface area contributed by atoms with Gasteiger partial charge in [-0.1, -0.05) is 235 Å². The molecule has 0 radical (unpaired) electrons. The molecule has 0 saturated heterocycles. The predicted molar refractivity (Wildman–Crippen MR) is 304 cm³/mol. The quantitative estimate of drug-likeness (QED) is 0.0240. The van der Waals surface area contributed by atoms with E-state index >= 15 is 0 Å². The van der Waals surface area contributed by atoms with E-state index < -0.39 is 32.7 Å². The molecule has 71 heavy (non-hydrogen) atoms. The molecule has 0 saturated carbocycles. The van der Waals surface area contributed by atoms with Crippen LogP contribution in [0.4, 0.5) is 0 Å². The first kappa shape index (κ1) is 69.4. The van der Waals surface area contributed by atoms with Crippen molar-refractivity contribution in [3.63, 3.8) is 0 Å². The number of aliphatic hydroxyl groups is 2. The van der Waals surface area contributed by atoms with Gasteiger partial charge in [0.2, 0.25) is 5.91 Å². The number of unbranched alkanes of at least 4 members (excludes halogenated alkanes) is 34. The van der Waals surface area contributed by atoms with E-state index in [1.54, 1.807) is 0 Å². The second-order valence-corrected chi connectivity index (χ2v) is 23.2. The fourth-order valence-electron chi connectivity index (χ4n) is 8.94. The summed E-state index contributed by atoms with van der Waals surface area (Å²) in [6.07, 6.45) is 65.1. The van der Waals surface area contributed by atoms with E-state index in [9.17, 15) is 24.5 Å². The fourth-order valence-corrected chi connectivity index (χ4v) is 9.66. The lowest BCUT2D eigenvalue weighted by Crippen LogP contribution is -2.51. The van der Waals surface area contributed by atoms with Gasteiger partial charge in [0.15, 0.2) is 0 Å². The molecule has 0 aromatic carbocycles. The van der Waals surface area contributed by atoms with Gasteiger partial charge in [0.25, 0.3) is 7.82 Å². The summed E-state index contributed by atoms with van der Waals surface area (Å²) in [5, 5.41) is 24.7. The minimum atomic E-state index is -4.68. The largest absolute Gasteiger partial charge is 0.756 e. The predicted octanol–water partition coefficient (Wildman–Crippen LogP) is 16.7. The Hall–Kier alpha value is -1.58. The average Bonchev–Trinajstić information content (AvgIpc) is 3.33. The molecular weight excluding hydrogens is 904 g/mol. The van der Waals surface area contributed by atoms with Crippen LogP contribution >= 0.6 is 7.82 Å². The van der Waals surface area contributed by atoms with E-state index in [-0.39, 0.29) is 18.9 Å². The second kappa shape index (κ2) is 51.9. The molecule has 0 aliphatic carbocycles. The van der Waals surface area contributed by atoms with Crippen molar-refractivity contribution in [1.82, 2.24) is 5.32 Å². The summed E-state index contributed by atoms with van der Waals surface area (Å²) >= 11 is 0. The van der Waals surface area contributed by atoms with Crippen LogP contribution in [0.15, 0.2) is 48.6 Å². The Bertz CT molecular complexity index is 1310. The lowest BCUT2D eigenvalue weighted by atomic mass is 10.0. The summed E-state index contributed by atoms with van der Waals surface area (Å²) in [4.78, 5) is 25.5. The molecule has 9 nitrogen and oxygen atoms in total. The van der Waals surface area contributed by atoms with Gasteiger partial charge < -0.3 is 34.0 Å². The third-order valence-electron chi connectivity index (χ3n) is 13.7. The molecule has 3 N–H and O–H groups in total. The number of rotatable bonds is 55. The third kappa shape index (κ3) is 53.1. The number of hydrogen-bond acceptors (Lipinski definition) is 7. The van der Waals surface area contributed by atoms with Gasteiger partial charge in [-0.05, 0) is 84.0 Å². The number of likely N-dealkylation sites (N-methyl/N-ethyl adjacent to an activating group) is 1. The lowest BCUT2D eigenvalue weighted by molar-refractivity contribution is -0.870. The summed E-state index contributed by atoms with van der Waals surface area (Å²) in [6, 6.07) is -1.10. The van der Waals surface area contributed by atoms with Crippen molar-refractivity contribution in [3.05, 3.63) is 48.6 Å². The molecule has 4 atom stereocenters. The SMILES string of the molecule is C/C=C/CC/C=C/CC/C=C/CCCC(O)C(O)C(COP(=O)([O-])OCC[N+](C)(C)C)NC(=O)CCCCCCCCCCCCCCCCCCCCCCCCC/C=C\CCCCCCCCCC. The molecule has 0 aromatic rings. The van der Waals surface area contributed by atoms with Crippen LogP contribution in [0.3, 0.4) is 0 Å². The zero-order valence-electron chi connectivity index (χ0n) is 47.3. The highest BCUT2D eigenvalue weighted by Gasteiger charge is 2.29. The molecule has 0 rings (SSSR count). The van der Waals surface area contributed by atoms with Crippen molar-refractivity contribution in [1.29, 1.82) is 0 Å². The number of amides is 1. The molecule has 0 fully saturated rings. The van der Waals surface area contributed by atoms with Gasteiger partial charge in [0.05, 0.1) is 39.9 Å². The molecule has 0 spiro atoms. The van der Waals surface area contributed by atoms with Crippen LogP contribution in [-0.2, 0) is 18.4 Å².